The average molecular weight is 249 g/mol. The summed E-state index contributed by atoms with van der Waals surface area (Å²) in [5.74, 6) is 0.753. The first kappa shape index (κ1) is 11.4. The fourth-order valence-corrected chi connectivity index (χ4v) is 2.64. The van der Waals surface area contributed by atoms with Gasteiger partial charge in [0.2, 0.25) is 5.82 Å². The van der Waals surface area contributed by atoms with Gasteiger partial charge in [-0.1, -0.05) is 0 Å². The van der Waals surface area contributed by atoms with E-state index in [-0.39, 0.29) is 5.69 Å². The summed E-state index contributed by atoms with van der Waals surface area (Å²) in [6, 6.07) is 1.63. The van der Waals surface area contributed by atoms with Crippen molar-refractivity contribution in [2.75, 3.05) is 18.0 Å². The summed E-state index contributed by atoms with van der Waals surface area (Å²) in [7, 11) is 0. The van der Waals surface area contributed by atoms with Crippen LogP contribution < -0.4 is 4.90 Å². The molecule has 0 atom stereocenters. The highest BCUT2D eigenvalue weighted by Gasteiger charge is 2.53. The minimum Gasteiger partial charge on any atom is -0.386 e. The monoisotopic (exact) mass is 249 g/mol. The fraction of sp³-hybridized carbons (Fsp3) is 0.583. The molecule has 0 bridgehead atoms. The molecule has 6 nitrogen and oxygen atoms in total. The Bertz CT molecular complexity index is 507. The van der Waals surface area contributed by atoms with Crippen molar-refractivity contribution in [3.63, 3.8) is 0 Å². The van der Waals surface area contributed by atoms with E-state index in [9.17, 15) is 15.2 Å². The standard InChI is InChI=1S/C12H15N3O3/c1-8-4-5-13-11(10(8)15(17)18)14-6-12(16,7-14)9-2-3-9/h4-5,9,16H,2-3,6-7H2,1H3. The van der Waals surface area contributed by atoms with Crippen LogP contribution in [0.2, 0.25) is 0 Å². The normalized spacial score (nSPS) is 21.6. The van der Waals surface area contributed by atoms with Crippen molar-refractivity contribution in [2.45, 2.75) is 25.4 Å². The summed E-state index contributed by atoms with van der Waals surface area (Å²) in [4.78, 5) is 16.6. The van der Waals surface area contributed by atoms with Gasteiger partial charge in [-0.15, -0.1) is 0 Å². The zero-order valence-corrected chi connectivity index (χ0v) is 10.2. The van der Waals surface area contributed by atoms with Gasteiger partial charge >= 0.3 is 5.69 Å². The van der Waals surface area contributed by atoms with Crippen LogP contribution in [0.3, 0.4) is 0 Å². The molecule has 96 valence electrons. The largest absolute Gasteiger partial charge is 0.386 e. The first-order valence-corrected chi connectivity index (χ1v) is 6.08. The Hall–Kier alpha value is -1.69. The maximum atomic E-state index is 11.1. The maximum absolute atomic E-state index is 11.1. The third-order valence-corrected chi connectivity index (χ3v) is 3.86. The third kappa shape index (κ3) is 1.64. The SMILES string of the molecule is Cc1ccnc(N2CC(O)(C3CC3)C2)c1[N+](=O)[O-]. The summed E-state index contributed by atoms with van der Waals surface area (Å²) in [5.41, 5.74) is 0.00135. The van der Waals surface area contributed by atoms with Gasteiger partial charge in [-0.05, 0) is 31.7 Å². The van der Waals surface area contributed by atoms with Gasteiger partial charge in [0.1, 0.15) is 5.60 Å². The lowest BCUT2D eigenvalue weighted by atomic mass is 9.88. The van der Waals surface area contributed by atoms with E-state index in [2.05, 4.69) is 4.98 Å². The van der Waals surface area contributed by atoms with Gasteiger partial charge in [-0.25, -0.2) is 4.98 Å². The van der Waals surface area contributed by atoms with Crippen LogP contribution in [-0.4, -0.2) is 33.7 Å². The van der Waals surface area contributed by atoms with Gasteiger partial charge < -0.3 is 10.0 Å². The second kappa shape index (κ2) is 3.65. The smallest absolute Gasteiger partial charge is 0.314 e. The van der Waals surface area contributed by atoms with E-state index in [1.165, 1.54) is 0 Å². The Kier molecular flexibility index (Phi) is 2.31. The van der Waals surface area contributed by atoms with Gasteiger partial charge in [-0.2, -0.15) is 0 Å². The molecule has 2 aliphatic rings. The van der Waals surface area contributed by atoms with E-state index in [0.29, 0.717) is 30.4 Å². The number of nitro groups is 1. The van der Waals surface area contributed by atoms with Crippen LogP contribution in [0.15, 0.2) is 12.3 Å². The zero-order chi connectivity index (χ0) is 12.9. The van der Waals surface area contributed by atoms with Crippen molar-refractivity contribution in [2.24, 2.45) is 5.92 Å². The fourth-order valence-electron chi connectivity index (χ4n) is 2.64. The van der Waals surface area contributed by atoms with E-state index in [1.807, 2.05) is 0 Å². The third-order valence-electron chi connectivity index (χ3n) is 3.86. The molecule has 1 aliphatic heterocycles. The van der Waals surface area contributed by atoms with Crippen LogP contribution in [0.5, 0.6) is 0 Å². The van der Waals surface area contributed by atoms with E-state index in [0.717, 1.165) is 12.8 Å². The second-order valence-electron chi connectivity index (χ2n) is 5.29. The van der Waals surface area contributed by atoms with Crippen LogP contribution in [0.25, 0.3) is 0 Å². The molecule has 1 N–H and O–H groups in total. The highest BCUT2D eigenvalue weighted by molar-refractivity contribution is 5.63. The molecule has 1 aliphatic carbocycles. The molecule has 2 heterocycles. The van der Waals surface area contributed by atoms with Crippen molar-refractivity contribution in [3.05, 3.63) is 27.9 Å². The predicted molar refractivity (Wildman–Crippen MR) is 65.5 cm³/mol. The highest BCUT2D eigenvalue weighted by atomic mass is 16.6. The maximum Gasteiger partial charge on any atom is 0.314 e. The zero-order valence-electron chi connectivity index (χ0n) is 10.2. The number of nitrogens with zero attached hydrogens (tertiary/aromatic N) is 3. The summed E-state index contributed by atoms with van der Waals surface area (Å²) in [6.45, 7) is 2.61. The average Bonchev–Trinajstić information content (AvgIpc) is 3.07. The minimum atomic E-state index is -0.653. The molecular weight excluding hydrogens is 234 g/mol. The number of hydrogen-bond acceptors (Lipinski definition) is 5. The van der Waals surface area contributed by atoms with Crippen molar-refractivity contribution in [1.82, 2.24) is 4.98 Å². The molecule has 1 saturated carbocycles. The lowest BCUT2D eigenvalue weighted by molar-refractivity contribution is -0.385. The van der Waals surface area contributed by atoms with Crippen LogP contribution in [0.4, 0.5) is 11.5 Å². The Balaban J connectivity index is 1.86. The van der Waals surface area contributed by atoms with Crippen LogP contribution in [-0.2, 0) is 0 Å². The quantitative estimate of drug-likeness (QED) is 0.644. The summed E-state index contributed by atoms with van der Waals surface area (Å²) in [5, 5.41) is 21.3. The first-order valence-electron chi connectivity index (χ1n) is 6.08. The Morgan fingerprint density at radius 1 is 1.56 bits per heavy atom. The van der Waals surface area contributed by atoms with Crippen molar-refractivity contribution < 1.29 is 10.0 Å². The molecule has 3 rings (SSSR count). The van der Waals surface area contributed by atoms with Gasteiger partial charge in [0.15, 0.2) is 0 Å². The number of hydrogen-bond donors (Lipinski definition) is 1. The van der Waals surface area contributed by atoms with Crippen molar-refractivity contribution in [3.8, 4) is 0 Å². The van der Waals surface area contributed by atoms with Crippen molar-refractivity contribution >= 4 is 11.5 Å². The molecule has 1 saturated heterocycles. The number of aryl methyl sites for hydroxylation is 1. The van der Waals surface area contributed by atoms with Gasteiger partial charge in [0.05, 0.1) is 18.0 Å². The lowest BCUT2D eigenvalue weighted by Crippen LogP contribution is -2.63. The number of β-amino-alcohol motifs (C(OH)–C–C–N with tert-alkyl or cyclic N) is 1. The molecule has 0 amide bonds. The topological polar surface area (TPSA) is 79.5 Å². The molecule has 1 aromatic heterocycles. The summed E-state index contributed by atoms with van der Waals surface area (Å²) >= 11 is 0. The molecule has 6 heteroatoms. The number of pyridine rings is 1. The summed E-state index contributed by atoms with van der Waals surface area (Å²) in [6.07, 6.45) is 3.70. The number of rotatable bonds is 3. The minimum absolute atomic E-state index is 0.0512. The Morgan fingerprint density at radius 3 is 2.78 bits per heavy atom. The van der Waals surface area contributed by atoms with E-state index in [1.54, 1.807) is 24.1 Å². The Labute approximate surface area is 104 Å². The first-order chi connectivity index (χ1) is 8.51. The molecule has 0 radical (unpaired) electrons. The van der Waals surface area contributed by atoms with E-state index < -0.39 is 10.5 Å². The lowest BCUT2D eigenvalue weighted by Gasteiger charge is -2.47. The molecule has 0 unspecified atom stereocenters. The number of aliphatic hydroxyl groups is 1. The molecule has 1 aromatic rings. The van der Waals surface area contributed by atoms with Crippen LogP contribution in [0, 0.1) is 23.0 Å². The number of aromatic nitrogens is 1. The van der Waals surface area contributed by atoms with Gasteiger partial charge in [0.25, 0.3) is 0 Å². The van der Waals surface area contributed by atoms with Crippen LogP contribution in [0.1, 0.15) is 18.4 Å². The molecule has 2 fully saturated rings. The van der Waals surface area contributed by atoms with Crippen molar-refractivity contribution in [1.29, 1.82) is 0 Å². The second-order valence-corrected chi connectivity index (χ2v) is 5.29. The number of anilines is 1. The van der Waals surface area contributed by atoms with Gasteiger partial charge in [-0.3, -0.25) is 10.1 Å². The highest BCUT2D eigenvalue weighted by Crippen LogP contribution is 2.46. The molecule has 0 aromatic carbocycles. The van der Waals surface area contributed by atoms with E-state index >= 15 is 0 Å². The summed E-state index contributed by atoms with van der Waals surface area (Å²) < 4.78 is 0. The van der Waals surface area contributed by atoms with Crippen LogP contribution >= 0.6 is 0 Å². The molecular formula is C12H15N3O3. The Morgan fingerprint density at radius 2 is 2.22 bits per heavy atom. The predicted octanol–water partition coefficient (Wildman–Crippen LogP) is 1.26. The molecule has 18 heavy (non-hydrogen) atoms. The van der Waals surface area contributed by atoms with E-state index in [4.69, 9.17) is 0 Å². The molecule has 0 spiro atoms. The van der Waals surface area contributed by atoms with Gasteiger partial charge in [0, 0.05) is 11.8 Å².